The molecular weight excluding hydrogens is 240 g/mol. The van der Waals surface area contributed by atoms with E-state index >= 15 is 0 Å². The second-order valence-corrected chi connectivity index (χ2v) is 4.30. The summed E-state index contributed by atoms with van der Waals surface area (Å²) in [5, 5.41) is 0. The van der Waals surface area contributed by atoms with Gasteiger partial charge in [-0.05, 0) is 6.42 Å². The van der Waals surface area contributed by atoms with E-state index < -0.39 is 29.6 Å². The van der Waals surface area contributed by atoms with Crippen molar-refractivity contribution in [3.8, 4) is 0 Å². The van der Waals surface area contributed by atoms with Gasteiger partial charge >= 0.3 is 17.9 Å². The van der Waals surface area contributed by atoms with Gasteiger partial charge < -0.3 is 14.2 Å². The van der Waals surface area contributed by atoms with E-state index in [-0.39, 0.29) is 19.4 Å². The van der Waals surface area contributed by atoms with E-state index in [4.69, 9.17) is 14.2 Å². The molecule has 0 N–H and O–H groups in total. The Balaban J connectivity index is 2.47. The highest BCUT2D eigenvalue weighted by molar-refractivity contribution is 5.97. The van der Waals surface area contributed by atoms with Gasteiger partial charge in [0, 0.05) is 20.3 Å². The van der Waals surface area contributed by atoms with Crippen molar-refractivity contribution in [3.05, 3.63) is 12.7 Å². The summed E-state index contributed by atoms with van der Waals surface area (Å²) in [6, 6.07) is 0. The Morgan fingerprint density at radius 1 is 1.39 bits per heavy atom. The predicted molar refractivity (Wildman–Crippen MR) is 60.1 cm³/mol. The molecule has 1 aliphatic rings. The first-order chi connectivity index (χ1) is 8.35. The molecule has 0 atom stereocenters. The number of cyclic esters (lactones) is 2. The number of ether oxygens (including phenoxy) is 3. The number of carbonyl (C=O) groups is 3. The van der Waals surface area contributed by atoms with Crippen molar-refractivity contribution in [3.63, 3.8) is 0 Å². The largest absolute Gasteiger partial charge is 0.461 e. The summed E-state index contributed by atoms with van der Waals surface area (Å²) in [4.78, 5) is 34.3. The minimum Gasteiger partial charge on any atom is -0.461 e. The van der Waals surface area contributed by atoms with Crippen LogP contribution in [0.3, 0.4) is 0 Å². The summed E-state index contributed by atoms with van der Waals surface area (Å²) < 4.78 is 14.6. The molecule has 1 saturated heterocycles. The first-order valence-electron chi connectivity index (χ1n) is 5.58. The van der Waals surface area contributed by atoms with Gasteiger partial charge in [0.1, 0.15) is 6.61 Å². The molecule has 0 aliphatic carbocycles. The van der Waals surface area contributed by atoms with Gasteiger partial charge in [-0.25, -0.2) is 0 Å². The molecule has 100 valence electrons. The second kappa shape index (κ2) is 5.66. The molecule has 1 fully saturated rings. The molecule has 0 aromatic heterocycles. The van der Waals surface area contributed by atoms with Crippen molar-refractivity contribution in [1.29, 1.82) is 0 Å². The van der Waals surface area contributed by atoms with Gasteiger partial charge in [-0.2, -0.15) is 0 Å². The maximum atomic E-state index is 11.6. The molecule has 6 nitrogen and oxygen atoms in total. The molecule has 18 heavy (non-hydrogen) atoms. The van der Waals surface area contributed by atoms with Crippen LogP contribution in [0.2, 0.25) is 0 Å². The quantitative estimate of drug-likeness (QED) is 0.414. The Bertz CT molecular complexity index is 351. The zero-order valence-corrected chi connectivity index (χ0v) is 10.4. The monoisotopic (exact) mass is 256 g/mol. The van der Waals surface area contributed by atoms with E-state index in [2.05, 4.69) is 6.58 Å². The van der Waals surface area contributed by atoms with E-state index in [0.717, 1.165) is 0 Å². The number of rotatable bonds is 5. The van der Waals surface area contributed by atoms with Crippen LogP contribution in [0.4, 0.5) is 0 Å². The summed E-state index contributed by atoms with van der Waals surface area (Å²) >= 11 is 0. The van der Waals surface area contributed by atoms with E-state index in [0.29, 0.717) is 0 Å². The van der Waals surface area contributed by atoms with E-state index in [1.165, 1.54) is 19.9 Å². The number of carbonyl (C=O) groups excluding carboxylic acids is 3. The van der Waals surface area contributed by atoms with Crippen LogP contribution < -0.4 is 0 Å². The fourth-order valence-electron chi connectivity index (χ4n) is 1.47. The van der Waals surface area contributed by atoms with Crippen LogP contribution in [-0.2, 0) is 28.6 Å². The third-order valence-corrected chi connectivity index (χ3v) is 2.26. The van der Waals surface area contributed by atoms with Crippen LogP contribution >= 0.6 is 0 Å². The van der Waals surface area contributed by atoms with E-state index in [1.807, 2.05) is 0 Å². The number of esters is 3. The van der Waals surface area contributed by atoms with Crippen molar-refractivity contribution < 1.29 is 28.6 Å². The fraction of sp³-hybridized carbons (Fsp3) is 0.583. The zero-order valence-electron chi connectivity index (χ0n) is 10.4. The van der Waals surface area contributed by atoms with Gasteiger partial charge in [-0.15, -0.1) is 0 Å². The third kappa shape index (κ3) is 3.87. The number of hydrogen-bond acceptors (Lipinski definition) is 6. The van der Waals surface area contributed by atoms with Crippen molar-refractivity contribution in [2.75, 3.05) is 6.61 Å². The highest BCUT2D eigenvalue weighted by Gasteiger charge is 2.43. The van der Waals surface area contributed by atoms with Crippen LogP contribution in [0.1, 0.15) is 26.7 Å². The Kier molecular flexibility index (Phi) is 4.47. The first-order valence-corrected chi connectivity index (χ1v) is 5.58. The lowest BCUT2D eigenvalue weighted by Crippen LogP contribution is -2.46. The molecule has 0 radical (unpaired) electrons. The van der Waals surface area contributed by atoms with Crippen LogP contribution in [-0.4, -0.2) is 30.3 Å². The highest BCUT2D eigenvalue weighted by Crippen LogP contribution is 2.25. The van der Waals surface area contributed by atoms with Crippen molar-refractivity contribution >= 4 is 17.9 Å². The smallest absolute Gasteiger partial charge is 0.323 e. The minimum absolute atomic E-state index is 0.0176. The van der Waals surface area contributed by atoms with Gasteiger partial charge in [0.05, 0.1) is 0 Å². The van der Waals surface area contributed by atoms with Crippen molar-refractivity contribution in [1.82, 2.24) is 0 Å². The molecule has 0 aromatic carbocycles. The maximum absolute atomic E-state index is 11.6. The molecule has 1 rings (SSSR count). The summed E-state index contributed by atoms with van der Waals surface area (Å²) in [7, 11) is 0. The molecule has 6 heteroatoms. The van der Waals surface area contributed by atoms with Gasteiger partial charge in [0.2, 0.25) is 0 Å². The molecule has 0 saturated carbocycles. The number of hydrogen-bond donors (Lipinski definition) is 0. The van der Waals surface area contributed by atoms with E-state index in [1.54, 1.807) is 0 Å². The average Bonchev–Trinajstić information content (AvgIpc) is 2.23. The normalized spacial score (nSPS) is 18.8. The molecular formula is C12H16O6. The molecule has 0 amide bonds. The third-order valence-electron chi connectivity index (χ3n) is 2.26. The van der Waals surface area contributed by atoms with Crippen LogP contribution in [0.25, 0.3) is 0 Å². The molecule has 1 aliphatic heterocycles. The Hall–Kier alpha value is -1.85. The predicted octanol–water partition coefficient (Wildman–Crippen LogP) is 0.948. The average molecular weight is 256 g/mol. The van der Waals surface area contributed by atoms with Crippen LogP contribution in [0, 0.1) is 5.92 Å². The lowest BCUT2D eigenvalue weighted by molar-refractivity contribution is -0.240. The van der Waals surface area contributed by atoms with Gasteiger partial charge in [-0.1, -0.05) is 12.7 Å². The summed E-state index contributed by atoms with van der Waals surface area (Å²) in [6.07, 6.45) is 1.40. The van der Waals surface area contributed by atoms with Gasteiger partial charge in [0.15, 0.2) is 5.92 Å². The molecule has 1 heterocycles. The summed E-state index contributed by atoms with van der Waals surface area (Å²) in [5.41, 5.74) is 0. The van der Waals surface area contributed by atoms with Crippen molar-refractivity contribution in [2.45, 2.75) is 32.5 Å². The van der Waals surface area contributed by atoms with E-state index in [9.17, 15) is 14.4 Å². The van der Waals surface area contributed by atoms with Gasteiger partial charge in [0.25, 0.3) is 5.79 Å². The second-order valence-electron chi connectivity index (χ2n) is 4.30. The summed E-state index contributed by atoms with van der Waals surface area (Å²) in [6.45, 7) is 6.44. The maximum Gasteiger partial charge on any atom is 0.323 e. The van der Waals surface area contributed by atoms with Crippen LogP contribution in [0.5, 0.6) is 0 Å². The highest BCUT2D eigenvalue weighted by atomic mass is 16.7. The summed E-state index contributed by atoms with van der Waals surface area (Å²) in [5.74, 6) is -4.15. The Morgan fingerprint density at radius 2 is 1.94 bits per heavy atom. The first kappa shape index (κ1) is 14.2. The fourth-order valence-corrected chi connectivity index (χ4v) is 1.47. The zero-order chi connectivity index (χ0) is 13.8. The molecule has 0 aromatic rings. The standard InChI is InChI=1S/C12H16O6/c1-4-7-16-9(13)6-5-8-10(14)17-12(2,3)18-11(8)15/h4,8H,1,5-7H2,2-3H3. The molecule has 0 spiro atoms. The molecule has 0 bridgehead atoms. The lowest BCUT2D eigenvalue weighted by atomic mass is 10.0. The Labute approximate surface area is 105 Å². The van der Waals surface area contributed by atoms with Gasteiger partial charge in [-0.3, -0.25) is 14.4 Å². The Morgan fingerprint density at radius 3 is 2.44 bits per heavy atom. The van der Waals surface area contributed by atoms with Crippen molar-refractivity contribution in [2.24, 2.45) is 5.92 Å². The molecule has 0 unspecified atom stereocenters. The minimum atomic E-state index is -1.24. The van der Waals surface area contributed by atoms with Crippen LogP contribution in [0.15, 0.2) is 12.7 Å². The topological polar surface area (TPSA) is 78.9 Å². The SMILES string of the molecule is C=CCOC(=O)CCC1C(=O)OC(C)(C)OC1=O. The lowest BCUT2D eigenvalue weighted by Gasteiger charge is -2.32.